The maximum absolute atomic E-state index is 8.22. The molecule has 0 aromatic heterocycles. The van der Waals surface area contributed by atoms with Gasteiger partial charge in [0.05, 0.1) is 6.61 Å². The molecule has 0 atom stereocenters. The lowest BCUT2D eigenvalue weighted by Crippen LogP contribution is -2.38. The van der Waals surface area contributed by atoms with E-state index in [1.165, 1.54) is 0 Å². The number of aliphatic imine (C=N–C) groups is 1. The Morgan fingerprint density at radius 1 is 1.80 bits per heavy atom. The van der Waals surface area contributed by atoms with Crippen molar-refractivity contribution in [2.45, 2.75) is 0 Å². The van der Waals surface area contributed by atoms with Gasteiger partial charge in [0.25, 0.3) is 0 Å². The van der Waals surface area contributed by atoms with Gasteiger partial charge in [0, 0.05) is 13.6 Å². The van der Waals surface area contributed by atoms with Crippen molar-refractivity contribution in [2.24, 2.45) is 4.99 Å². The first-order valence-electron chi connectivity index (χ1n) is 3.09. The van der Waals surface area contributed by atoms with Crippen LogP contribution in [-0.2, 0) is 4.74 Å². The average molecular weight is 139 g/mol. The molecule has 0 aromatic carbocycles. The summed E-state index contributed by atoms with van der Waals surface area (Å²) < 4.78 is 5.08. The van der Waals surface area contributed by atoms with E-state index in [1.54, 1.807) is 6.19 Å². The van der Waals surface area contributed by atoms with E-state index in [2.05, 4.69) is 4.99 Å². The lowest BCUT2D eigenvalue weighted by Gasteiger charge is -2.24. The Balaban J connectivity index is 2.58. The second-order valence-electron chi connectivity index (χ2n) is 2.10. The molecule has 0 amide bonds. The normalized spacial score (nSPS) is 22.8. The van der Waals surface area contributed by atoms with Gasteiger partial charge in [-0.15, -0.1) is 0 Å². The first kappa shape index (κ1) is 7.03. The molecule has 1 aliphatic heterocycles. The summed E-state index contributed by atoms with van der Waals surface area (Å²) in [4.78, 5) is 5.51. The number of ether oxygens (including phenoxy) is 1. The Kier molecular flexibility index (Phi) is 2.24. The molecule has 0 aliphatic carbocycles. The third-order valence-electron chi connectivity index (χ3n) is 1.42. The first-order chi connectivity index (χ1) is 4.84. The van der Waals surface area contributed by atoms with Crippen LogP contribution >= 0.6 is 0 Å². The highest BCUT2D eigenvalue weighted by molar-refractivity contribution is 5.84. The fourth-order valence-corrected chi connectivity index (χ4v) is 0.780. The quantitative estimate of drug-likeness (QED) is 0.438. The summed E-state index contributed by atoms with van der Waals surface area (Å²) in [6.07, 6.45) is 1.73. The van der Waals surface area contributed by atoms with Gasteiger partial charge < -0.3 is 9.64 Å². The van der Waals surface area contributed by atoms with Gasteiger partial charge >= 0.3 is 0 Å². The van der Waals surface area contributed by atoms with Gasteiger partial charge in [-0.05, 0) is 0 Å². The van der Waals surface area contributed by atoms with Crippen molar-refractivity contribution in [3.8, 4) is 6.19 Å². The summed E-state index contributed by atoms with van der Waals surface area (Å²) in [6, 6.07) is 0. The molecular weight excluding hydrogens is 130 g/mol. The van der Waals surface area contributed by atoms with Crippen molar-refractivity contribution in [1.29, 1.82) is 5.26 Å². The Morgan fingerprint density at radius 3 is 3.20 bits per heavy atom. The van der Waals surface area contributed by atoms with E-state index in [0.29, 0.717) is 12.4 Å². The van der Waals surface area contributed by atoms with Gasteiger partial charge in [-0.2, -0.15) is 10.3 Å². The van der Waals surface area contributed by atoms with Crippen LogP contribution in [0.2, 0.25) is 0 Å². The zero-order chi connectivity index (χ0) is 7.40. The maximum atomic E-state index is 8.22. The van der Waals surface area contributed by atoms with Crippen LogP contribution in [0.4, 0.5) is 0 Å². The maximum Gasteiger partial charge on any atom is 0.207 e. The Labute approximate surface area is 59.7 Å². The molecule has 1 saturated heterocycles. The van der Waals surface area contributed by atoms with E-state index in [0.717, 1.165) is 13.2 Å². The number of amidine groups is 1. The third-order valence-corrected chi connectivity index (χ3v) is 1.42. The number of hydrogen-bond acceptors (Lipinski definition) is 3. The molecule has 1 aliphatic rings. The van der Waals surface area contributed by atoms with E-state index in [9.17, 15) is 0 Å². The largest absolute Gasteiger partial charge is 0.372 e. The second kappa shape index (κ2) is 3.18. The Morgan fingerprint density at radius 2 is 2.60 bits per heavy atom. The fraction of sp³-hybridized carbons (Fsp3) is 0.667. The molecule has 0 aromatic rings. The van der Waals surface area contributed by atoms with Gasteiger partial charge in [0.1, 0.15) is 12.4 Å². The molecule has 0 saturated carbocycles. The SMILES string of the molecule is CN1CCOC/C1=N\C#N. The molecule has 1 fully saturated rings. The highest BCUT2D eigenvalue weighted by atomic mass is 16.5. The highest BCUT2D eigenvalue weighted by Crippen LogP contribution is 1.96. The number of likely N-dealkylation sites (N-methyl/N-ethyl adjacent to an activating group) is 1. The molecule has 0 bridgehead atoms. The lowest BCUT2D eigenvalue weighted by atomic mass is 10.4. The van der Waals surface area contributed by atoms with Crippen molar-refractivity contribution in [3.05, 3.63) is 0 Å². The highest BCUT2D eigenvalue weighted by Gasteiger charge is 2.11. The third kappa shape index (κ3) is 1.45. The fourth-order valence-electron chi connectivity index (χ4n) is 0.780. The summed E-state index contributed by atoms with van der Waals surface area (Å²) in [5.74, 6) is 0.716. The zero-order valence-electron chi connectivity index (χ0n) is 5.87. The van der Waals surface area contributed by atoms with Crippen molar-refractivity contribution in [1.82, 2.24) is 4.90 Å². The molecule has 4 nitrogen and oxygen atoms in total. The van der Waals surface area contributed by atoms with Crippen LogP contribution in [0.5, 0.6) is 0 Å². The monoisotopic (exact) mass is 139 g/mol. The predicted molar refractivity (Wildman–Crippen MR) is 36.5 cm³/mol. The minimum atomic E-state index is 0.462. The molecule has 1 rings (SSSR count). The summed E-state index contributed by atoms with van der Waals surface area (Å²) in [5, 5.41) is 8.22. The Hall–Kier alpha value is -1.08. The lowest BCUT2D eigenvalue weighted by molar-refractivity contribution is 0.125. The summed E-state index contributed by atoms with van der Waals surface area (Å²) >= 11 is 0. The van der Waals surface area contributed by atoms with E-state index >= 15 is 0 Å². The van der Waals surface area contributed by atoms with Crippen molar-refractivity contribution < 1.29 is 4.74 Å². The summed E-state index contributed by atoms with van der Waals surface area (Å²) in [5.41, 5.74) is 0. The van der Waals surface area contributed by atoms with Gasteiger partial charge in [-0.3, -0.25) is 0 Å². The summed E-state index contributed by atoms with van der Waals surface area (Å²) in [6.45, 7) is 2.01. The number of hydrogen-bond donors (Lipinski definition) is 0. The van der Waals surface area contributed by atoms with Gasteiger partial charge in [-0.25, -0.2) is 0 Å². The molecule has 0 N–H and O–H groups in total. The van der Waals surface area contributed by atoms with Crippen LogP contribution < -0.4 is 0 Å². The minimum absolute atomic E-state index is 0.462. The predicted octanol–water partition coefficient (Wildman–Crippen LogP) is -0.172. The van der Waals surface area contributed by atoms with E-state index in [1.807, 2.05) is 11.9 Å². The van der Waals surface area contributed by atoms with E-state index in [4.69, 9.17) is 10.00 Å². The molecule has 10 heavy (non-hydrogen) atoms. The summed E-state index contributed by atoms with van der Waals surface area (Å²) in [7, 11) is 1.90. The van der Waals surface area contributed by atoms with E-state index in [-0.39, 0.29) is 0 Å². The number of rotatable bonds is 0. The minimum Gasteiger partial charge on any atom is -0.372 e. The van der Waals surface area contributed by atoms with Crippen LogP contribution in [0, 0.1) is 11.5 Å². The van der Waals surface area contributed by atoms with Gasteiger partial charge in [0.2, 0.25) is 6.19 Å². The van der Waals surface area contributed by atoms with Crippen LogP contribution in [-0.4, -0.2) is 37.5 Å². The van der Waals surface area contributed by atoms with Crippen molar-refractivity contribution in [2.75, 3.05) is 26.8 Å². The van der Waals surface area contributed by atoms with E-state index < -0.39 is 0 Å². The zero-order valence-corrected chi connectivity index (χ0v) is 5.87. The Bertz CT molecular complexity index is 182. The van der Waals surface area contributed by atoms with Crippen LogP contribution in [0.15, 0.2) is 4.99 Å². The molecular formula is C6H9N3O. The smallest absolute Gasteiger partial charge is 0.207 e. The van der Waals surface area contributed by atoms with Crippen LogP contribution in [0.25, 0.3) is 0 Å². The molecule has 0 unspecified atom stereocenters. The molecule has 54 valence electrons. The molecule has 4 heteroatoms. The topological polar surface area (TPSA) is 48.6 Å². The van der Waals surface area contributed by atoms with Crippen molar-refractivity contribution in [3.63, 3.8) is 0 Å². The first-order valence-corrected chi connectivity index (χ1v) is 3.09. The van der Waals surface area contributed by atoms with Crippen LogP contribution in [0.3, 0.4) is 0 Å². The van der Waals surface area contributed by atoms with Gasteiger partial charge in [-0.1, -0.05) is 0 Å². The standard InChI is InChI=1S/C6H9N3O/c1-9-2-3-10-4-6(9)8-5-7/h2-4H2,1H3/b8-6+. The molecule has 1 heterocycles. The number of nitrogens with zero attached hydrogens (tertiary/aromatic N) is 3. The average Bonchev–Trinajstić information content (AvgIpc) is 1.94. The second-order valence-corrected chi connectivity index (χ2v) is 2.10. The van der Waals surface area contributed by atoms with Crippen molar-refractivity contribution >= 4 is 5.84 Å². The molecule has 0 radical (unpaired) electrons. The van der Waals surface area contributed by atoms with Crippen LogP contribution in [0.1, 0.15) is 0 Å². The molecule has 0 spiro atoms. The van der Waals surface area contributed by atoms with Gasteiger partial charge in [0.15, 0.2) is 0 Å². The number of morpholine rings is 1. The number of nitriles is 1.